The summed E-state index contributed by atoms with van der Waals surface area (Å²) in [4.78, 5) is 12.2. The molecule has 2 aromatic heterocycles. The number of aliphatic hydroxyl groups is 1. The van der Waals surface area contributed by atoms with Crippen LogP contribution in [-0.2, 0) is 4.79 Å². The Balaban J connectivity index is 1.68. The number of rotatable bonds is 4. The van der Waals surface area contributed by atoms with Crippen LogP contribution in [0.15, 0.2) is 16.5 Å². The molecule has 0 bridgehead atoms. The van der Waals surface area contributed by atoms with E-state index in [1.54, 1.807) is 0 Å². The number of carbonyl (C=O) groups is 1. The smallest absolute Gasteiger partial charge is 0.228 e. The number of hydrogen-bond donors (Lipinski definition) is 3. The molecule has 3 N–H and O–H groups in total. The molecule has 1 aliphatic carbocycles. The predicted octanol–water partition coefficient (Wildman–Crippen LogP) is 3.31. The second-order valence-electron chi connectivity index (χ2n) is 6.49. The van der Waals surface area contributed by atoms with Crippen LogP contribution in [0.5, 0.6) is 0 Å². The molecule has 0 unspecified atom stereocenters. The zero-order valence-electron chi connectivity index (χ0n) is 13.6. The van der Waals surface area contributed by atoms with Crippen LogP contribution in [0.25, 0.3) is 11.5 Å². The number of furan rings is 1. The summed E-state index contributed by atoms with van der Waals surface area (Å²) in [5.41, 5.74) is 0.709. The van der Waals surface area contributed by atoms with Gasteiger partial charge in [0.2, 0.25) is 5.91 Å². The van der Waals surface area contributed by atoms with Gasteiger partial charge in [0.15, 0.2) is 11.6 Å². The zero-order valence-corrected chi connectivity index (χ0v) is 13.6. The lowest BCUT2D eigenvalue weighted by molar-refractivity contribution is -0.122. The van der Waals surface area contributed by atoms with Gasteiger partial charge in [-0.2, -0.15) is 5.10 Å². The number of aromatic amines is 1. The minimum absolute atomic E-state index is 0.120. The summed E-state index contributed by atoms with van der Waals surface area (Å²) < 4.78 is 5.58. The number of nitrogens with one attached hydrogen (secondary N) is 2. The van der Waals surface area contributed by atoms with E-state index in [0.717, 1.165) is 36.3 Å². The number of nitrogens with zero attached hydrogens (tertiary/aromatic N) is 1. The third-order valence-electron chi connectivity index (χ3n) is 4.53. The van der Waals surface area contributed by atoms with Crippen LogP contribution in [0.3, 0.4) is 0 Å². The van der Waals surface area contributed by atoms with Crippen LogP contribution in [0.1, 0.15) is 49.8 Å². The second kappa shape index (κ2) is 6.20. The van der Waals surface area contributed by atoms with E-state index in [1.165, 1.54) is 0 Å². The molecule has 6 nitrogen and oxygen atoms in total. The molecule has 6 heteroatoms. The monoisotopic (exact) mass is 317 g/mol. The first-order valence-corrected chi connectivity index (χ1v) is 8.11. The molecule has 1 fully saturated rings. The molecular formula is C17H23N3O3. The van der Waals surface area contributed by atoms with E-state index < -0.39 is 5.60 Å². The first kappa shape index (κ1) is 15.8. The van der Waals surface area contributed by atoms with Gasteiger partial charge in [-0.1, -0.05) is 19.3 Å². The Labute approximate surface area is 135 Å². The zero-order chi connectivity index (χ0) is 16.4. The molecule has 0 atom stereocenters. The largest absolute Gasteiger partial charge is 0.460 e. The van der Waals surface area contributed by atoms with Gasteiger partial charge in [-0.3, -0.25) is 9.89 Å². The number of H-pyrrole nitrogens is 1. The van der Waals surface area contributed by atoms with Crippen molar-refractivity contribution in [2.45, 2.75) is 58.0 Å². The van der Waals surface area contributed by atoms with E-state index >= 15 is 0 Å². The second-order valence-corrected chi connectivity index (χ2v) is 6.49. The average Bonchev–Trinajstić information content (AvgIpc) is 3.06. The van der Waals surface area contributed by atoms with Gasteiger partial charge in [0.05, 0.1) is 12.0 Å². The summed E-state index contributed by atoms with van der Waals surface area (Å²) >= 11 is 0. The number of hydrogen-bond acceptors (Lipinski definition) is 4. The number of aromatic nitrogens is 2. The Morgan fingerprint density at radius 2 is 2.09 bits per heavy atom. The van der Waals surface area contributed by atoms with Gasteiger partial charge in [0.1, 0.15) is 11.5 Å². The summed E-state index contributed by atoms with van der Waals surface area (Å²) in [6, 6.07) is 3.75. The number of carbonyl (C=O) groups excluding carboxylic acids is 1. The lowest BCUT2D eigenvalue weighted by Crippen LogP contribution is -2.36. The van der Waals surface area contributed by atoms with Crippen molar-refractivity contribution in [3.8, 4) is 11.5 Å². The highest BCUT2D eigenvalue weighted by atomic mass is 16.3. The van der Waals surface area contributed by atoms with Gasteiger partial charge in [0.25, 0.3) is 0 Å². The summed E-state index contributed by atoms with van der Waals surface area (Å²) in [6.45, 7) is 3.75. The first-order valence-electron chi connectivity index (χ1n) is 8.11. The Kier molecular flexibility index (Phi) is 4.26. The number of aryl methyl sites for hydroxylation is 1. The van der Waals surface area contributed by atoms with Gasteiger partial charge in [0, 0.05) is 5.56 Å². The van der Waals surface area contributed by atoms with Crippen molar-refractivity contribution in [1.29, 1.82) is 0 Å². The minimum Gasteiger partial charge on any atom is -0.460 e. The van der Waals surface area contributed by atoms with Crippen molar-refractivity contribution >= 4 is 11.7 Å². The molecule has 0 radical (unpaired) electrons. The summed E-state index contributed by atoms with van der Waals surface area (Å²) in [5.74, 6) is 1.79. The van der Waals surface area contributed by atoms with Crippen LogP contribution >= 0.6 is 0 Å². The molecule has 2 aromatic rings. The van der Waals surface area contributed by atoms with Crippen molar-refractivity contribution in [2.75, 3.05) is 5.32 Å². The van der Waals surface area contributed by atoms with E-state index in [2.05, 4.69) is 15.5 Å². The molecule has 0 aromatic carbocycles. The molecule has 1 saturated carbocycles. The van der Waals surface area contributed by atoms with E-state index in [1.807, 2.05) is 26.0 Å². The highest BCUT2D eigenvalue weighted by molar-refractivity contribution is 5.92. The molecule has 1 aliphatic rings. The predicted molar refractivity (Wildman–Crippen MR) is 87.0 cm³/mol. The molecule has 1 amide bonds. The molecule has 23 heavy (non-hydrogen) atoms. The average molecular weight is 317 g/mol. The van der Waals surface area contributed by atoms with Crippen LogP contribution < -0.4 is 5.32 Å². The van der Waals surface area contributed by atoms with Crippen molar-refractivity contribution in [1.82, 2.24) is 10.2 Å². The van der Waals surface area contributed by atoms with Gasteiger partial charge >= 0.3 is 0 Å². The Hall–Kier alpha value is -2.08. The lowest BCUT2D eigenvalue weighted by Gasteiger charge is -2.31. The minimum atomic E-state index is -0.868. The molecule has 0 aliphatic heterocycles. The fourth-order valence-corrected chi connectivity index (χ4v) is 3.19. The molecular weight excluding hydrogens is 294 g/mol. The summed E-state index contributed by atoms with van der Waals surface area (Å²) in [7, 11) is 0. The van der Waals surface area contributed by atoms with Crippen LogP contribution in [0.4, 0.5) is 5.82 Å². The molecule has 2 heterocycles. The van der Waals surface area contributed by atoms with E-state index in [4.69, 9.17) is 4.42 Å². The third kappa shape index (κ3) is 3.47. The lowest BCUT2D eigenvalue weighted by atomic mass is 9.82. The first-order chi connectivity index (χ1) is 11.0. The maximum atomic E-state index is 12.2. The molecule has 0 spiro atoms. The Morgan fingerprint density at radius 1 is 1.35 bits per heavy atom. The summed E-state index contributed by atoms with van der Waals surface area (Å²) in [5, 5.41) is 20.3. The highest BCUT2D eigenvalue weighted by Crippen LogP contribution is 2.32. The fourth-order valence-electron chi connectivity index (χ4n) is 3.19. The van der Waals surface area contributed by atoms with E-state index in [9.17, 15) is 9.90 Å². The van der Waals surface area contributed by atoms with E-state index in [0.29, 0.717) is 24.4 Å². The maximum absolute atomic E-state index is 12.2. The number of anilines is 1. The van der Waals surface area contributed by atoms with Crippen molar-refractivity contribution < 1.29 is 14.3 Å². The third-order valence-corrected chi connectivity index (χ3v) is 4.53. The summed E-state index contributed by atoms with van der Waals surface area (Å²) in [6.07, 6.45) is 4.59. The SMILES string of the molecule is Cc1ccc(-c2[nH]nc(NC(=O)CC3(O)CCCCC3)c2C)o1. The fraction of sp³-hybridized carbons (Fsp3) is 0.529. The van der Waals surface area contributed by atoms with Gasteiger partial charge < -0.3 is 14.8 Å². The quantitative estimate of drug-likeness (QED) is 0.807. The maximum Gasteiger partial charge on any atom is 0.228 e. The molecule has 0 saturated heterocycles. The van der Waals surface area contributed by atoms with Gasteiger partial charge in [-0.15, -0.1) is 0 Å². The number of amides is 1. The van der Waals surface area contributed by atoms with Crippen LogP contribution in [0, 0.1) is 13.8 Å². The molecule has 3 rings (SSSR count). The highest BCUT2D eigenvalue weighted by Gasteiger charge is 2.32. The van der Waals surface area contributed by atoms with Gasteiger partial charge in [-0.05, 0) is 38.8 Å². The van der Waals surface area contributed by atoms with Crippen molar-refractivity contribution in [2.24, 2.45) is 0 Å². The molecule has 124 valence electrons. The standard InChI is InChI=1S/C17H23N3O3/c1-11-6-7-13(23-11)15-12(2)16(20-19-15)18-14(21)10-17(22)8-4-3-5-9-17/h6-7,22H,3-5,8-10H2,1-2H3,(H2,18,19,20,21). The van der Waals surface area contributed by atoms with Gasteiger partial charge in [-0.25, -0.2) is 0 Å². The van der Waals surface area contributed by atoms with Crippen LogP contribution in [-0.4, -0.2) is 26.8 Å². The normalized spacial score (nSPS) is 17.2. The van der Waals surface area contributed by atoms with Crippen LogP contribution in [0.2, 0.25) is 0 Å². The Morgan fingerprint density at radius 3 is 2.74 bits per heavy atom. The Bertz CT molecular complexity index is 696. The van der Waals surface area contributed by atoms with E-state index in [-0.39, 0.29) is 12.3 Å². The van der Waals surface area contributed by atoms with Crippen molar-refractivity contribution in [3.63, 3.8) is 0 Å². The van der Waals surface area contributed by atoms with Crippen molar-refractivity contribution in [3.05, 3.63) is 23.5 Å². The topological polar surface area (TPSA) is 91.2 Å².